The third kappa shape index (κ3) is 1.90. The van der Waals surface area contributed by atoms with Gasteiger partial charge in [0.15, 0.2) is 0 Å². The smallest absolute Gasteiger partial charge is 0.243 e. The molecule has 2 N–H and O–H groups in total. The minimum atomic E-state index is -0.593. The first-order valence-corrected chi connectivity index (χ1v) is 4.82. The molecule has 1 heterocycles. The van der Waals surface area contributed by atoms with Crippen LogP contribution >= 0.6 is 0 Å². The van der Waals surface area contributed by atoms with E-state index in [-0.39, 0.29) is 0 Å². The van der Waals surface area contributed by atoms with Crippen molar-refractivity contribution in [3.63, 3.8) is 0 Å². The van der Waals surface area contributed by atoms with Gasteiger partial charge in [0.1, 0.15) is 6.04 Å². The Labute approximate surface area is 92.1 Å². The SMILES string of the molecule is CC(C(N)=O)n1nnc(-c2ccccc2)n1. The molecule has 0 bridgehead atoms. The maximum Gasteiger partial charge on any atom is 0.243 e. The number of benzene rings is 1. The number of rotatable bonds is 3. The summed E-state index contributed by atoms with van der Waals surface area (Å²) in [6.45, 7) is 1.62. The van der Waals surface area contributed by atoms with Gasteiger partial charge in [-0.2, -0.15) is 4.80 Å². The summed E-state index contributed by atoms with van der Waals surface area (Å²) in [5.41, 5.74) is 6.00. The van der Waals surface area contributed by atoms with E-state index in [2.05, 4.69) is 15.4 Å². The van der Waals surface area contributed by atoms with E-state index in [4.69, 9.17) is 5.73 Å². The van der Waals surface area contributed by atoms with Crippen LogP contribution in [0.5, 0.6) is 0 Å². The van der Waals surface area contributed by atoms with Crippen molar-refractivity contribution in [1.82, 2.24) is 20.2 Å². The highest BCUT2D eigenvalue weighted by Crippen LogP contribution is 2.13. The lowest BCUT2D eigenvalue weighted by atomic mass is 10.2. The number of tetrazole rings is 1. The Bertz CT molecular complexity index is 493. The maximum atomic E-state index is 10.9. The molecule has 0 fully saturated rings. The van der Waals surface area contributed by atoms with E-state index in [0.717, 1.165) is 5.56 Å². The molecule has 1 aromatic carbocycles. The van der Waals surface area contributed by atoms with Crippen molar-refractivity contribution in [1.29, 1.82) is 0 Å². The molecule has 6 heteroatoms. The molecule has 82 valence electrons. The number of nitrogens with two attached hydrogens (primary N) is 1. The largest absolute Gasteiger partial charge is 0.368 e. The topological polar surface area (TPSA) is 86.7 Å². The molecule has 0 spiro atoms. The maximum absolute atomic E-state index is 10.9. The van der Waals surface area contributed by atoms with Crippen molar-refractivity contribution in [2.45, 2.75) is 13.0 Å². The normalized spacial score (nSPS) is 12.3. The summed E-state index contributed by atoms with van der Waals surface area (Å²) in [7, 11) is 0. The highest BCUT2D eigenvalue weighted by atomic mass is 16.1. The molecule has 2 aromatic rings. The Morgan fingerprint density at radius 2 is 2.06 bits per heavy atom. The summed E-state index contributed by atoms with van der Waals surface area (Å²) in [6, 6.07) is 8.82. The van der Waals surface area contributed by atoms with Crippen LogP contribution in [-0.4, -0.2) is 26.1 Å². The summed E-state index contributed by atoms with van der Waals surface area (Å²) in [4.78, 5) is 12.2. The lowest BCUT2D eigenvalue weighted by Gasteiger charge is -2.02. The molecule has 0 radical (unpaired) electrons. The Morgan fingerprint density at radius 3 is 2.69 bits per heavy atom. The third-order valence-corrected chi connectivity index (χ3v) is 2.22. The van der Waals surface area contributed by atoms with Crippen LogP contribution in [0.3, 0.4) is 0 Å². The summed E-state index contributed by atoms with van der Waals surface area (Å²) < 4.78 is 0. The van der Waals surface area contributed by atoms with Crippen molar-refractivity contribution in [3.05, 3.63) is 30.3 Å². The van der Waals surface area contributed by atoms with Gasteiger partial charge in [0, 0.05) is 5.56 Å². The first-order valence-electron chi connectivity index (χ1n) is 4.82. The number of aromatic nitrogens is 4. The van der Waals surface area contributed by atoms with Gasteiger partial charge in [-0.25, -0.2) is 0 Å². The lowest BCUT2D eigenvalue weighted by molar-refractivity contribution is -0.121. The van der Waals surface area contributed by atoms with Crippen LogP contribution in [0.1, 0.15) is 13.0 Å². The molecule has 1 amide bonds. The molecule has 0 saturated heterocycles. The van der Waals surface area contributed by atoms with Crippen molar-refractivity contribution in [3.8, 4) is 11.4 Å². The summed E-state index contributed by atoms with van der Waals surface area (Å²) in [5.74, 6) is -0.00860. The van der Waals surface area contributed by atoms with Crippen LogP contribution in [0.15, 0.2) is 30.3 Å². The molecular weight excluding hydrogens is 206 g/mol. The molecule has 2 rings (SSSR count). The molecule has 0 aliphatic rings. The fraction of sp³-hybridized carbons (Fsp3) is 0.200. The zero-order chi connectivity index (χ0) is 11.5. The predicted molar refractivity (Wildman–Crippen MR) is 57.2 cm³/mol. The summed E-state index contributed by atoms with van der Waals surface area (Å²) in [5, 5.41) is 11.7. The van der Waals surface area contributed by atoms with Gasteiger partial charge in [0.25, 0.3) is 0 Å². The van der Waals surface area contributed by atoms with E-state index < -0.39 is 11.9 Å². The number of hydrogen-bond acceptors (Lipinski definition) is 4. The molecular formula is C10H11N5O. The van der Waals surface area contributed by atoms with E-state index in [0.29, 0.717) is 5.82 Å². The average Bonchev–Trinajstić information content (AvgIpc) is 2.78. The zero-order valence-electron chi connectivity index (χ0n) is 8.74. The highest BCUT2D eigenvalue weighted by molar-refractivity contribution is 5.77. The average molecular weight is 217 g/mol. The van der Waals surface area contributed by atoms with Gasteiger partial charge in [-0.05, 0) is 12.1 Å². The van der Waals surface area contributed by atoms with Crippen molar-refractivity contribution < 1.29 is 4.79 Å². The van der Waals surface area contributed by atoms with E-state index in [1.54, 1.807) is 6.92 Å². The number of carbonyl (C=O) groups excluding carboxylic acids is 1. The van der Waals surface area contributed by atoms with E-state index >= 15 is 0 Å². The van der Waals surface area contributed by atoms with E-state index in [1.165, 1.54) is 4.80 Å². The molecule has 1 aromatic heterocycles. The third-order valence-electron chi connectivity index (χ3n) is 2.22. The number of amides is 1. The van der Waals surface area contributed by atoms with Crippen molar-refractivity contribution >= 4 is 5.91 Å². The molecule has 6 nitrogen and oxygen atoms in total. The zero-order valence-corrected chi connectivity index (χ0v) is 8.74. The number of primary amides is 1. The number of hydrogen-bond donors (Lipinski definition) is 1. The highest BCUT2D eigenvalue weighted by Gasteiger charge is 2.15. The van der Waals surface area contributed by atoms with Crippen LogP contribution in [0.25, 0.3) is 11.4 Å². The van der Waals surface area contributed by atoms with Crippen LogP contribution in [0.4, 0.5) is 0 Å². The summed E-state index contributed by atoms with van der Waals surface area (Å²) in [6.07, 6.45) is 0. The Kier molecular flexibility index (Phi) is 2.63. The standard InChI is InChI=1S/C10H11N5O/c1-7(9(11)16)15-13-10(12-14-15)8-5-3-2-4-6-8/h2-7H,1H3,(H2,11,16). The van der Waals surface area contributed by atoms with Gasteiger partial charge in [-0.3, -0.25) is 4.79 Å². The van der Waals surface area contributed by atoms with Gasteiger partial charge in [-0.1, -0.05) is 30.3 Å². The van der Waals surface area contributed by atoms with Crippen molar-refractivity contribution in [2.75, 3.05) is 0 Å². The van der Waals surface area contributed by atoms with Crippen molar-refractivity contribution in [2.24, 2.45) is 5.73 Å². The second kappa shape index (κ2) is 4.09. The second-order valence-electron chi connectivity index (χ2n) is 3.38. The van der Waals surface area contributed by atoms with Gasteiger partial charge in [0.05, 0.1) is 0 Å². The Morgan fingerprint density at radius 1 is 1.38 bits per heavy atom. The van der Waals surface area contributed by atoms with Gasteiger partial charge in [-0.15, -0.1) is 10.2 Å². The first-order chi connectivity index (χ1) is 7.68. The summed E-state index contributed by atoms with van der Waals surface area (Å²) >= 11 is 0. The molecule has 0 aliphatic heterocycles. The monoisotopic (exact) mass is 217 g/mol. The fourth-order valence-electron chi connectivity index (χ4n) is 1.21. The first kappa shape index (κ1) is 10.3. The fourth-order valence-corrected chi connectivity index (χ4v) is 1.21. The van der Waals surface area contributed by atoms with E-state index in [1.807, 2.05) is 30.3 Å². The van der Waals surface area contributed by atoms with Gasteiger partial charge < -0.3 is 5.73 Å². The molecule has 0 aliphatic carbocycles. The second-order valence-corrected chi connectivity index (χ2v) is 3.38. The number of carbonyl (C=O) groups is 1. The van der Waals surface area contributed by atoms with Gasteiger partial charge >= 0.3 is 0 Å². The van der Waals surface area contributed by atoms with Crippen LogP contribution in [0, 0.1) is 0 Å². The quantitative estimate of drug-likeness (QED) is 0.805. The minimum Gasteiger partial charge on any atom is -0.368 e. The van der Waals surface area contributed by atoms with Crippen LogP contribution in [-0.2, 0) is 4.79 Å². The lowest BCUT2D eigenvalue weighted by Crippen LogP contribution is -2.25. The molecule has 1 unspecified atom stereocenters. The predicted octanol–water partition coefficient (Wildman–Crippen LogP) is 0.386. The molecule has 0 saturated carbocycles. The Hall–Kier alpha value is -2.24. The molecule has 16 heavy (non-hydrogen) atoms. The number of nitrogens with zero attached hydrogens (tertiary/aromatic N) is 4. The van der Waals surface area contributed by atoms with E-state index in [9.17, 15) is 4.79 Å². The van der Waals surface area contributed by atoms with Crippen LogP contribution < -0.4 is 5.73 Å². The Balaban J connectivity index is 2.30. The van der Waals surface area contributed by atoms with Crippen LogP contribution in [0.2, 0.25) is 0 Å². The molecule has 1 atom stereocenters. The van der Waals surface area contributed by atoms with Gasteiger partial charge in [0.2, 0.25) is 11.7 Å². The minimum absolute atomic E-state index is 0.480.